The summed E-state index contributed by atoms with van der Waals surface area (Å²) < 4.78 is 32.8. The molecule has 0 aliphatic carbocycles. The van der Waals surface area contributed by atoms with Crippen molar-refractivity contribution in [2.24, 2.45) is 0 Å². The SMILES string of the molecule is CCCSc1nnc(NC(=O)C2CN(S(C)(=O)=O)c3cc(C(C)(C)C)ccc3O2)s1. The predicted octanol–water partition coefficient (Wildman–Crippen LogP) is 3.50. The Labute approximate surface area is 185 Å². The summed E-state index contributed by atoms with van der Waals surface area (Å²) >= 11 is 2.86. The molecule has 1 aliphatic rings. The van der Waals surface area contributed by atoms with E-state index >= 15 is 0 Å². The molecule has 1 amide bonds. The topological polar surface area (TPSA) is 101 Å². The third-order valence-corrected chi connectivity index (χ3v) is 7.78. The summed E-state index contributed by atoms with van der Waals surface area (Å²) in [5, 5.41) is 11.1. The third kappa shape index (κ3) is 5.25. The predicted molar refractivity (Wildman–Crippen MR) is 121 cm³/mol. The quantitative estimate of drug-likeness (QED) is 0.509. The lowest BCUT2D eigenvalue weighted by atomic mass is 9.86. The normalized spacial score (nSPS) is 16.7. The Morgan fingerprint density at radius 3 is 2.73 bits per heavy atom. The van der Waals surface area contributed by atoms with Crippen LogP contribution < -0.4 is 14.4 Å². The van der Waals surface area contributed by atoms with Crippen LogP contribution in [0.25, 0.3) is 0 Å². The van der Waals surface area contributed by atoms with Crippen LogP contribution in [0.15, 0.2) is 22.5 Å². The minimum atomic E-state index is -3.60. The first-order valence-electron chi connectivity index (χ1n) is 9.55. The van der Waals surface area contributed by atoms with Crippen molar-refractivity contribution in [3.63, 3.8) is 0 Å². The number of nitrogens with zero attached hydrogens (tertiary/aromatic N) is 3. The van der Waals surface area contributed by atoms with E-state index in [1.54, 1.807) is 17.8 Å². The molecular formula is C19H26N4O4S3. The highest BCUT2D eigenvalue weighted by Crippen LogP contribution is 2.38. The Hall–Kier alpha value is -1.85. The highest BCUT2D eigenvalue weighted by molar-refractivity contribution is 8.01. The number of benzene rings is 1. The number of hydrogen-bond acceptors (Lipinski definition) is 8. The molecule has 1 aromatic carbocycles. The molecule has 0 saturated carbocycles. The number of aromatic nitrogens is 2. The first kappa shape index (κ1) is 22.8. The van der Waals surface area contributed by atoms with Crippen LogP contribution in [0.3, 0.4) is 0 Å². The molecule has 164 valence electrons. The van der Waals surface area contributed by atoms with Gasteiger partial charge in [-0.05, 0) is 29.5 Å². The summed E-state index contributed by atoms with van der Waals surface area (Å²) in [7, 11) is -3.60. The molecule has 3 rings (SSSR count). The van der Waals surface area contributed by atoms with Crippen molar-refractivity contribution in [2.75, 3.05) is 28.2 Å². The van der Waals surface area contributed by atoms with Crippen molar-refractivity contribution in [1.82, 2.24) is 10.2 Å². The molecule has 1 N–H and O–H groups in total. The Kier molecular flexibility index (Phi) is 6.63. The minimum absolute atomic E-state index is 0.110. The number of ether oxygens (including phenoxy) is 1. The summed E-state index contributed by atoms with van der Waals surface area (Å²) in [6.07, 6.45) is 1.14. The molecule has 0 saturated heterocycles. The van der Waals surface area contributed by atoms with E-state index in [-0.39, 0.29) is 12.0 Å². The minimum Gasteiger partial charge on any atom is -0.476 e. The van der Waals surface area contributed by atoms with Gasteiger partial charge in [0.05, 0.1) is 18.5 Å². The van der Waals surface area contributed by atoms with Gasteiger partial charge in [-0.2, -0.15) is 0 Å². The van der Waals surface area contributed by atoms with Gasteiger partial charge in [0.2, 0.25) is 15.2 Å². The largest absolute Gasteiger partial charge is 0.476 e. The van der Waals surface area contributed by atoms with Gasteiger partial charge in [-0.25, -0.2) is 8.42 Å². The highest BCUT2D eigenvalue weighted by Gasteiger charge is 2.36. The number of nitrogens with one attached hydrogen (secondary N) is 1. The third-order valence-electron chi connectivity index (χ3n) is 4.45. The zero-order valence-electron chi connectivity index (χ0n) is 17.6. The Bertz CT molecular complexity index is 1030. The lowest BCUT2D eigenvalue weighted by molar-refractivity contribution is -0.122. The van der Waals surface area contributed by atoms with Crippen molar-refractivity contribution >= 4 is 49.8 Å². The number of fused-ring (bicyclic) bond motifs is 1. The molecule has 1 aliphatic heterocycles. The number of carbonyl (C=O) groups is 1. The molecule has 30 heavy (non-hydrogen) atoms. The van der Waals surface area contributed by atoms with Crippen LogP contribution in [-0.4, -0.2) is 49.2 Å². The van der Waals surface area contributed by atoms with Crippen LogP contribution in [0.4, 0.5) is 10.8 Å². The fourth-order valence-corrected chi connectivity index (χ4v) is 5.45. The molecule has 1 atom stereocenters. The zero-order chi connectivity index (χ0) is 22.1. The van der Waals surface area contributed by atoms with Crippen molar-refractivity contribution in [1.29, 1.82) is 0 Å². The van der Waals surface area contributed by atoms with E-state index in [0.717, 1.165) is 28.3 Å². The molecule has 1 aromatic heterocycles. The molecule has 11 heteroatoms. The van der Waals surface area contributed by atoms with Gasteiger partial charge >= 0.3 is 0 Å². The van der Waals surface area contributed by atoms with Gasteiger partial charge in [0.1, 0.15) is 5.75 Å². The lowest BCUT2D eigenvalue weighted by Gasteiger charge is -2.35. The number of sulfonamides is 1. The molecule has 2 aromatic rings. The number of rotatable bonds is 6. The van der Waals surface area contributed by atoms with E-state index in [4.69, 9.17) is 4.74 Å². The van der Waals surface area contributed by atoms with E-state index in [2.05, 4.69) is 43.2 Å². The van der Waals surface area contributed by atoms with Crippen LogP contribution in [0.2, 0.25) is 0 Å². The van der Waals surface area contributed by atoms with Crippen molar-refractivity contribution < 1.29 is 17.9 Å². The molecular weight excluding hydrogens is 444 g/mol. The summed E-state index contributed by atoms with van der Waals surface area (Å²) in [5.74, 6) is 0.819. The molecule has 0 bridgehead atoms. The molecule has 0 radical (unpaired) electrons. The monoisotopic (exact) mass is 470 g/mol. The number of amides is 1. The van der Waals surface area contributed by atoms with Gasteiger partial charge in [-0.3, -0.25) is 14.4 Å². The first-order chi connectivity index (χ1) is 14.0. The van der Waals surface area contributed by atoms with Crippen molar-refractivity contribution in [3.8, 4) is 5.75 Å². The average molecular weight is 471 g/mol. The second kappa shape index (κ2) is 8.72. The van der Waals surface area contributed by atoms with Crippen LogP contribution in [-0.2, 0) is 20.2 Å². The number of thioether (sulfide) groups is 1. The second-order valence-electron chi connectivity index (χ2n) is 8.04. The number of hydrogen-bond donors (Lipinski definition) is 1. The summed E-state index contributed by atoms with van der Waals surface area (Å²) in [6.45, 7) is 8.12. The van der Waals surface area contributed by atoms with Crippen molar-refractivity contribution in [3.05, 3.63) is 23.8 Å². The summed E-state index contributed by atoms with van der Waals surface area (Å²) in [6, 6.07) is 5.42. The van der Waals surface area contributed by atoms with Crippen LogP contribution in [0.1, 0.15) is 39.7 Å². The maximum Gasteiger partial charge on any atom is 0.269 e. The fraction of sp³-hybridized carbons (Fsp3) is 0.526. The lowest BCUT2D eigenvalue weighted by Crippen LogP contribution is -2.48. The number of anilines is 2. The molecule has 2 heterocycles. The van der Waals surface area contributed by atoms with Gasteiger partial charge in [0, 0.05) is 5.75 Å². The van der Waals surface area contributed by atoms with E-state index in [9.17, 15) is 13.2 Å². The maximum absolute atomic E-state index is 12.8. The maximum atomic E-state index is 12.8. The Morgan fingerprint density at radius 1 is 1.37 bits per heavy atom. The van der Waals surface area contributed by atoms with E-state index in [1.165, 1.54) is 15.6 Å². The van der Waals surface area contributed by atoms with E-state index in [0.29, 0.717) is 16.6 Å². The molecule has 1 unspecified atom stereocenters. The smallest absolute Gasteiger partial charge is 0.269 e. The molecule has 0 fully saturated rings. The van der Waals surface area contributed by atoms with Gasteiger partial charge in [-0.15, -0.1) is 10.2 Å². The van der Waals surface area contributed by atoms with Gasteiger partial charge in [0.25, 0.3) is 5.91 Å². The van der Waals surface area contributed by atoms with E-state index in [1.807, 2.05) is 12.1 Å². The summed E-state index contributed by atoms with van der Waals surface area (Å²) in [4.78, 5) is 12.8. The zero-order valence-corrected chi connectivity index (χ0v) is 20.1. The van der Waals surface area contributed by atoms with Crippen LogP contribution in [0.5, 0.6) is 5.75 Å². The summed E-state index contributed by atoms with van der Waals surface area (Å²) in [5.41, 5.74) is 1.27. The number of carbonyl (C=O) groups excluding carboxylic acids is 1. The second-order valence-corrected chi connectivity index (χ2v) is 12.3. The standard InChI is InChI=1S/C19H26N4O4S3/c1-6-9-28-18-22-21-17(29-18)20-16(24)15-11-23(30(5,25)26)13-10-12(19(2,3)4)7-8-14(13)27-15/h7-8,10,15H,6,9,11H2,1-5H3,(H,20,21,24). The fourth-order valence-electron chi connectivity index (χ4n) is 2.86. The van der Waals surface area contributed by atoms with Crippen LogP contribution >= 0.6 is 23.1 Å². The Morgan fingerprint density at radius 2 is 2.10 bits per heavy atom. The van der Waals surface area contributed by atoms with Gasteiger partial charge in [0.15, 0.2) is 10.4 Å². The van der Waals surface area contributed by atoms with Gasteiger partial charge in [-0.1, -0.05) is 56.9 Å². The average Bonchev–Trinajstić information content (AvgIpc) is 3.10. The first-order valence-corrected chi connectivity index (χ1v) is 13.2. The molecule has 8 nitrogen and oxygen atoms in total. The molecule has 0 spiro atoms. The van der Waals surface area contributed by atoms with Crippen molar-refractivity contribution in [2.45, 2.75) is 50.0 Å². The Balaban J connectivity index is 1.83. The highest BCUT2D eigenvalue weighted by atomic mass is 32.2. The van der Waals surface area contributed by atoms with E-state index < -0.39 is 22.0 Å². The van der Waals surface area contributed by atoms with Gasteiger partial charge < -0.3 is 4.74 Å². The van der Waals surface area contributed by atoms with Crippen LogP contribution in [0, 0.1) is 0 Å².